The van der Waals surface area contributed by atoms with Gasteiger partial charge in [0.05, 0.1) is 0 Å². The number of amides is 1. The molecule has 1 aromatic heterocycles. The van der Waals surface area contributed by atoms with Crippen molar-refractivity contribution in [1.82, 2.24) is 20.0 Å². The Morgan fingerprint density at radius 1 is 1.43 bits per heavy atom. The number of aryl methyl sites for hydroxylation is 1. The molecule has 1 aromatic rings. The van der Waals surface area contributed by atoms with E-state index in [1.165, 1.54) is 19.2 Å². The van der Waals surface area contributed by atoms with E-state index in [0.717, 1.165) is 17.5 Å². The molecule has 0 unspecified atom stereocenters. The monoisotopic (exact) mass is 294 g/mol. The topological polar surface area (TPSA) is 76.5 Å². The first-order chi connectivity index (χ1) is 9.94. The van der Waals surface area contributed by atoms with Crippen LogP contribution in [0.5, 0.6) is 0 Å². The summed E-state index contributed by atoms with van der Waals surface area (Å²) < 4.78 is 6.56. The standard InChI is InChI=1S/C14H22N4O3/c1-17(2)14(6-8-21-9-7-14)10-15-13(20)11-4-5-12(19)18(3)16-11/h4-5H,6-10H2,1-3H3,(H,15,20). The maximum absolute atomic E-state index is 12.2. The van der Waals surface area contributed by atoms with Gasteiger partial charge in [0, 0.05) is 38.4 Å². The number of carbonyl (C=O) groups excluding carboxylic acids is 1. The van der Waals surface area contributed by atoms with Crippen LogP contribution < -0.4 is 10.9 Å². The summed E-state index contributed by atoms with van der Waals surface area (Å²) in [6.07, 6.45) is 1.75. The highest BCUT2D eigenvalue weighted by Gasteiger charge is 2.35. The zero-order valence-corrected chi connectivity index (χ0v) is 12.8. The van der Waals surface area contributed by atoms with Gasteiger partial charge in [-0.1, -0.05) is 0 Å². The van der Waals surface area contributed by atoms with E-state index in [2.05, 4.69) is 15.3 Å². The number of carbonyl (C=O) groups is 1. The molecule has 0 atom stereocenters. The average molecular weight is 294 g/mol. The van der Waals surface area contributed by atoms with Crippen LogP contribution in [-0.4, -0.2) is 60.0 Å². The lowest BCUT2D eigenvalue weighted by molar-refractivity contribution is -0.00661. The van der Waals surface area contributed by atoms with Crippen molar-refractivity contribution < 1.29 is 9.53 Å². The third kappa shape index (κ3) is 3.48. The fourth-order valence-corrected chi connectivity index (χ4v) is 2.49. The molecule has 0 radical (unpaired) electrons. The Kier molecular flexibility index (Phi) is 4.74. The summed E-state index contributed by atoms with van der Waals surface area (Å²) in [5.41, 5.74) is -0.0759. The van der Waals surface area contributed by atoms with E-state index in [1.54, 1.807) is 0 Å². The van der Waals surface area contributed by atoms with Crippen LogP contribution in [0.3, 0.4) is 0 Å². The molecule has 7 nitrogen and oxygen atoms in total. The normalized spacial score (nSPS) is 17.7. The second kappa shape index (κ2) is 6.36. The lowest BCUT2D eigenvalue weighted by Gasteiger charge is -2.42. The summed E-state index contributed by atoms with van der Waals surface area (Å²) in [6, 6.07) is 2.79. The van der Waals surface area contributed by atoms with Gasteiger partial charge in [-0.15, -0.1) is 0 Å². The van der Waals surface area contributed by atoms with Crippen molar-refractivity contribution in [3.63, 3.8) is 0 Å². The number of rotatable bonds is 4. The average Bonchev–Trinajstić information content (AvgIpc) is 2.48. The number of hydrogen-bond acceptors (Lipinski definition) is 5. The molecule has 0 bridgehead atoms. The molecule has 1 aliphatic heterocycles. The zero-order valence-electron chi connectivity index (χ0n) is 12.8. The van der Waals surface area contributed by atoms with Crippen molar-refractivity contribution in [1.29, 1.82) is 0 Å². The van der Waals surface area contributed by atoms with Crippen LogP contribution in [0, 0.1) is 0 Å². The SMILES string of the molecule is CN(C)C1(CNC(=O)c2ccc(=O)n(C)n2)CCOCC1. The van der Waals surface area contributed by atoms with Gasteiger partial charge in [0.25, 0.3) is 11.5 Å². The van der Waals surface area contributed by atoms with Gasteiger partial charge in [0.1, 0.15) is 5.69 Å². The molecule has 1 saturated heterocycles. The molecule has 21 heavy (non-hydrogen) atoms. The molecule has 1 amide bonds. The van der Waals surface area contributed by atoms with E-state index in [1.807, 2.05) is 14.1 Å². The molecule has 0 spiro atoms. The molecule has 1 N–H and O–H groups in total. The van der Waals surface area contributed by atoms with Gasteiger partial charge in [-0.05, 0) is 33.0 Å². The van der Waals surface area contributed by atoms with Crippen molar-refractivity contribution >= 4 is 5.91 Å². The van der Waals surface area contributed by atoms with Crippen LogP contribution in [0.15, 0.2) is 16.9 Å². The first-order valence-corrected chi connectivity index (χ1v) is 7.02. The quantitative estimate of drug-likeness (QED) is 0.819. The van der Waals surface area contributed by atoms with Gasteiger partial charge in [-0.2, -0.15) is 5.10 Å². The molecule has 1 fully saturated rings. The van der Waals surface area contributed by atoms with Crippen molar-refractivity contribution in [2.24, 2.45) is 7.05 Å². The maximum atomic E-state index is 12.2. The van der Waals surface area contributed by atoms with Gasteiger partial charge in [-0.25, -0.2) is 4.68 Å². The van der Waals surface area contributed by atoms with Crippen LogP contribution in [0.4, 0.5) is 0 Å². The van der Waals surface area contributed by atoms with E-state index in [0.29, 0.717) is 19.8 Å². The third-order valence-corrected chi connectivity index (χ3v) is 4.14. The highest BCUT2D eigenvalue weighted by Crippen LogP contribution is 2.25. The predicted octanol–water partition coefficient (Wildman–Crippen LogP) is -0.379. The van der Waals surface area contributed by atoms with Crippen LogP contribution >= 0.6 is 0 Å². The van der Waals surface area contributed by atoms with Gasteiger partial charge in [0.15, 0.2) is 0 Å². The third-order valence-electron chi connectivity index (χ3n) is 4.14. The number of hydrogen-bond donors (Lipinski definition) is 1. The summed E-state index contributed by atoms with van der Waals surface area (Å²) in [6.45, 7) is 1.94. The summed E-state index contributed by atoms with van der Waals surface area (Å²) >= 11 is 0. The number of nitrogens with zero attached hydrogens (tertiary/aromatic N) is 3. The van der Waals surface area contributed by atoms with Gasteiger partial charge < -0.3 is 15.0 Å². The van der Waals surface area contributed by atoms with Crippen molar-refractivity contribution in [2.75, 3.05) is 33.9 Å². The number of ether oxygens (including phenoxy) is 1. The van der Waals surface area contributed by atoms with E-state index in [9.17, 15) is 9.59 Å². The minimum Gasteiger partial charge on any atom is -0.381 e. The number of aromatic nitrogens is 2. The number of nitrogens with one attached hydrogen (secondary N) is 1. The summed E-state index contributed by atoms with van der Waals surface area (Å²) in [5, 5.41) is 6.88. The van der Waals surface area contributed by atoms with Gasteiger partial charge in [-0.3, -0.25) is 9.59 Å². The van der Waals surface area contributed by atoms with Crippen LogP contribution in [0.2, 0.25) is 0 Å². The molecular formula is C14H22N4O3. The molecule has 2 heterocycles. The van der Waals surface area contributed by atoms with E-state index >= 15 is 0 Å². The molecule has 116 valence electrons. The maximum Gasteiger partial charge on any atom is 0.271 e. The molecule has 0 aromatic carbocycles. The molecule has 0 aliphatic carbocycles. The summed E-state index contributed by atoms with van der Waals surface area (Å²) in [7, 11) is 5.56. The van der Waals surface area contributed by atoms with E-state index in [-0.39, 0.29) is 22.7 Å². The van der Waals surface area contributed by atoms with Crippen molar-refractivity contribution in [3.05, 3.63) is 28.2 Å². The second-order valence-corrected chi connectivity index (χ2v) is 5.59. The predicted molar refractivity (Wildman–Crippen MR) is 78.3 cm³/mol. The minimum atomic E-state index is -0.265. The number of likely N-dealkylation sites (N-methyl/N-ethyl adjacent to an activating group) is 1. The highest BCUT2D eigenvalue weighted by molar-refractivity contribution is 5.92. The fourth-order valence-electron chi connectivity index (χ4n) is 2.49. The molecule has 7 heteroatoms. The Balaban J connectivity index is 2.05. The Bertz CT molecular complexity index is 562. The Morgan fingerprint density at radius 3 is 2.67 bits per heavy atom. The van der Waals surface area contributed by atoms with E-state index in [4.69, 9.17) is 4.74 Å². The first kappa shape index (κ1) is 15.7. The van der Waals surface area contributed by atoms with E-state index < -0.39 is 0 Å². The van der Waals surface area contributed by atoms with Crippen molar-refractivity contribution in [3.8, 4) is 0 Å². The Labute approximate surface area is 123 Å². The largest absolute Gasteiger partial charge is 0.381 e. The van der Waals surface area contributed by atoms with Gasteiger partial charge in [0.2, 0.25) is 0 Å². The molecule has 0 saturated carbocycles. The summed E-state index contributed by atoms with van der Waals surface area (Å²) in [4.78, 5) is 25.6. The minimum absolute atomic E-state index is 0.0887. The first-order valence-electron chi connectivity index (χ1n) is 7.02. The van der Waals surface area contributed by atoms with Gasteiger partial charge >= 0.3 is 0 Å². The molecular weight excluding hydrogens is 272 g/mol. The second-order valence-electron chi connectivity index (χ2n) is 5.59. The van der Waals surface area contributed by atoms with Crippen LogP contribution in [-0.2, 0) is 11.8 Å². The zero-order chi connectivity index (χ0) is 15.5. The fraction of sp³-hybridized carbons (Fsp3) is 0.643. The lowest BCUT2D eigenvalue weighted by Crippen LogP contribution is -2.55. The van der Waals surface area contributed by atoms with Crippen molar-refractivity contribution in [2.45, 2.75) is 18.4 Å². The smallest absolute Gasteiger partial charge is 0.271 e. The lowest BCUT2D eigenvalue weighted by atomic mass is 9.88. The van der Waals surface area contributed by atoms with Crippen LogP contribution in [0.25, 0.3) is 0 Å². The molecule has 1 aliphatic rings. The molecule has 2 rings (SSSR count). The highest BCUT2D eigenvalue weighted by atomic mass is 16.5. The van der Waals surface area contributed by atoms with Crippen LogP contribution in [0.1, 0.15) is 23.3 Å². The Hall–Kier alpha value is -1.73. The Morgan fingerprint density at radius 2 is 2.10 bits per heavy atom. The summed E-state index contributed by atoms with van der Waals surface area (Å²) in [5.74, 6) is -0.265.